The molecule has 1 unspecified atom stereocenters. The van der Waals surface area contributed by atoms with Gasteiger partial charge in [0.25, 0.3) is 11.7 Å². The predicted octanol–water partition coefficient (Wildman–Crippen LogP) is 4.53. The molecular formula is C26H20FNO5. The second-order valence-corrected chi connectivity index (χ2v) is 7.89. The number of nitrogens with zero attached hydrogens (tertiary/aromatic N) is 1. The van der Waals surface area contributed by atoms with Crippen molar-refractivity contribution in [1.29, 1.82) is 0 Å². The molecule has 0 aromatic heterocycles. The van der Waals surface area contributed by atoms with E-state index in [1.807, 2.05) is 13.0 Å². The van der Waals surface area contributed by atoms with Gasteiger partial charge in [-0.25, -0.2) is 4.39 Å². The lowest BCUT2D eigenvalue weighted by atomic mass is 9.94. The maximum Gasteiger partial charge on any atom is 0.300 e. The van der Waals surface area contributed by atoms with Crippen molar-refractivity contribution in [3.05, 3.63) is 94.8 Å². The number of ketones is 1. The molecule has 1 amide bonds. The molecule has 1 fully saturated rings. The molecule has 2 aliphatic heterocycles. The number of carbonyl (C=O) groups is 2. The van der Waals surface area contributed by atoms with Gasteiger partial charge in [0, 0.05) is 16.8 Å². The summed E-state index contributed by atoms with van der Waals surface area (Å²) in [5.74, 6) is -1.79. The Morgan fingerprint density at radius 2 is 1.73 bits per heavy atom. The van der Waals surface area contributed by atoms with E-state index in [1.165, 1.54) is 23.1 Å². The Labute approximate surface area is 189 Å². The van der Waals surface area contributed by atoms with Crippen molar-refractivity contribution < 1.29 is 28.6 Å². The molecule has 0 saturated carbocycles. The first-order chi connectivity index (χ1) is 16.0. The summed E-state index contributed by atoms with van der Waals surface area (Å²) in [6.07, 6.45) is 0. The number of fused-ring (bicyclic) bond motifs is 1. The highest BCUT2D eigenvalue weighted by atomic mass is 19.1. The van der Waals surface area contributed by atoms with Crippen LogP contribution < -0.4 is 14.4 Å². The van der Waals surface area contributed by atoms with E-state index < -0.39 is 29.3 Å². The Morgan fingerprint density at radius 3 is 2.48 bits per heavy atom. The van der Waals surface area contributed by atoms with Gasteiger partial charge in [-0.05, 0) is 48.9 Å². The number of ether oxygens (including phenoxy) is 2. The number of hydrogen-bond donors (Lipinski definition) is 1. The first kappa shape index (κ1) is 20.8. The largest absolute Gasteiger partial charge is 0.507 e. The van der Waals surface area contributed by atoms with Crippen molar-refractivity contribution in [3.63, 3.8) is 0 Å². The molecular weight excluding hydrogens is 425 g/mol. The number of hydrogen-bond acceptors (Lipinski definition) is 5. The van der Waals surface area contributed by atoms with Crippen molar-refractivity contribution in [2.24, 2.45) is 0 Å². The highest BCUT2D eigenvalue weighted by Gasteiger charge is 2.47. The van der Waals surface area contributed by atoms with Crippen LogP contribution in [0.1, 0.15) is 22.7 Å². The average Bonchev–Trinajstić information content (AvgIpc) is 3.09. The smallest absolute Gasteiger partial charge is 0.300 e. The van der Waals surface area contributed by atoms with Crippen LogP contribution in [0, 0.1) is 12.7 Å². The Kier molecular flexibility index (Phi) is 5.09. The SMILES string of the molecule is Cc1cccc(N2C(=O)C(=O)/C(=C(/O)c3ccc4c(c3)OCCO4)C2c2ccccc2F)c1. The number of rotatable bonds is 3. The summed E-state index contributed by atoms with van der Waals surface area (Å²) in [5, 5.41) is 11.2. The van der Waals surface area contributed by atoms with Gasteiger partial charge in [-0.1, -0.05) is 30.3 Å². The van der Waals surface area contributed by atoms with E-state index in [0.717, 1.165) is 5.56 Å². The van der Waals surface area contributed by atoms with Gasteiger partial charge in [-0.3, -0.25) is 14.5 Å². The van der Waals surface area contributed by atoms with Gasteiger partial charge in [0.05, 0.1) is 11.6 Å². The zero-order valence-corrected chi connectivity index (χ0v) is 17.7. The normalized spacial score (nSPS) is 19.1. The third-order valence-electron chi connectivity index (χ3n) is 5.74. The molecule has 1 saturated heterocycles. The van der Waals surface area contributed by atoms with Crippen LogP contribution >= 0.6 is 0 Å². The Balaban J connectivity index is 1.72. The van der Waals surface area contributed by atoms with Gasteiger partial charge < -0.3 is 14.6 Å². The third kappa shape index (κ3) is 3.51. The molecule has 166 valence electrons. The molecule has 3 aromatic rings. The molecule has 1 N–H and O–H groups in total. The Morgan fingerprint density at radius 1 is 0.970 bits per heavy atom. The molecule has 3 aromatic carbocycles. The van der Waals surface area contributed by atoms with Gasteiger partial charge in [0.2, 0.25) is 0 Å². The van der Waals surface area contributed by atoms with Gasteiger partial charge in [-0.2, -0.15) is 0 Å². The van der Waals surface area contributed by atoms with Crippen molar-refractivity contribution in [3.8, 4) is 11.5 Å². The van der Waals surface area contributed by atoms with Crippen LogP contribution in [0.5, 0.6) is 11.5 Å². The fourth-order valence-corrected chi connectivity index (χ4v) is 4.21. The molecule has 0 spiro atoms. The summed E-state index contributed by atoms with van der Waals surface area (Å²) in [6, 6.07) is 16.5. The quantitative estimate of drug-likeness (QED) is 0.364. The van der Waals surface area contributed by atoms with Gasteiger partial charge in [0.1, 0.15) is 24.8 Å². The number of halogens is 1. The van der Waals surface area contributed by atoms with Crippen molar-refractivity contribution >= 4 is 23.1 Å². The van der Waals surface area contributed by atoms with Crippen LogP contribution in [0.15, 0.2) is 72.3 Å². The summed E-state index contributed by atoms with van der Waals surface area (Å²) in [4.78, 5) is 27.6. The fraction of sp³-hybridized carbons (Fsp3) is 0.154. The molecule has 2 heterocycles. The minimum Gasteiger partial charge on any atom is -0.507 e. The number of benzene rings is 3. The summed E-state index contributed by atoms with van der Waals surface area (Å²) in [5.41, 5.74) is 1.49. The van der Waals surface area contributed by atoms with Gasteiger partial charge >= 0.3 is 0 Å². The fourth-order valence-electron chi connectivity index (χ4n) is 4.21. The van der Waals surface area contributed by atoms with Crippen LogP contribution in [0.25, 0.3) is 5.76 Å². The lowest BCUT2D eigenvalue weighted by Gasteiger charge is -2.26. The molecule has 0 bridgehead atoms. The van der Waals surface area contributed by atoms with E-state index in [1.54, 1.807) is 42.5 Å². The molecule has 5 rings (SSSR count). The zero-order valence-electron chi connectivity index (χ0n) is 17.7. The first-order valence-corrected chi connectivity index (χ1v) is 10.5. The second-order valence-electron chi connectivity index (χ2n) is 7.89. The van der Waals surface area contributed by atoms with Crippen LogP contribution in [-0.2, 0) is 9.59 Å². The average molecular weight is 445 g/mol. The van der Waals surface area contributed by atoms with E-state index >= 15 is 0 Å². The van der Waals surface area contributed by atoms with Gasteiger partial charge in [0.15, 0.2) is 11.5 Å². The van der Waals surface area contributed by atoms with E-state index in [2.05, 4.69) is 0 Å². The Hall–Kier alpha value is -4.13. The lowest BCUT2D eigenvalue weighted by Crippen LogP contribution is -2.29. The number of carbonyl (C=O) groups excluding carboxylic acids is 2. The molecule has 2 aliphatic rings. The lowest BCUT2D eigenvalue weighted by molar-refractivity contribution is -0.132. The molecule has 7 heteroatoms. The predicted molar refractivity (Wildman–Crippen MR) is 120 cm³/mol. The highest BCUT2D eigenvalue weighted by Crippen LogP contribution is 2.44. The number of anilines is 1. The maximum atomic E-state index is 14.9. The number of aliphatic hydroxyl groups is 1. The summed E-state index contributed by atoms with van der Waals surface area (Å²) < 4.78 is 26.0. The van der Waals surface area contributed by atoms with E-state index in [-0.39, 0.29) is 16.7 Å². The van der Waals surface area contributed by atoms with Crippen molar-refractivity contribution in [2.45, 2.75) is 13.0 Å². The van der Waals surface area contributed by atoms with E-state index in [0.29, 0.717) is 30.4 Å². The molecule has 6 nitrogen and oxygen atoms in total. The van der Waals surface area contributed by atoms with Crippen molar-refractivity contribution in [2.75, 3.05) is 18.1 Å². The summed E-state index contributed by atoms with van der Waals surface area (Å²) in [7, 11) is 0. The highest BCUT2D eigenvalue weighted by molar-refractivity contribution is 6.51. The van der Waals surface area contributed by atoms with Gasteiger partial charge in [-0.15, -0.1) is 0 Å². The third-order valence-corrected chi connectivity index (χ3v) is 5.74. The minimum absolute atomic E-state index is 0.109. The van der Waals surface area contributed by atoms with Crippen LogP contribution in [0.3, 0.4) is 0 Å². The number of aliphatic hydroxyl groups excluding tert-OH is 1. The second kappa shape index (κ2) is 8.09. The molecule has 33 heavy (non-hydrogen) atoms. The molecule has 0 radical (unpaired) electrons. The Bertz CT molecular complexity index is 1320. The molecule has 0 aliphatic carbocycles. The monoisotopic (exact) mass is 445 g/mol. The maximum absolute atomic E-state index is 14.9. The number of amides is 1. The number of Topliss-reactive ketones (excluding diaryl/α,β-unsaturated/α-hetero) is 1. The van der Waals surface area contributed by atoms with Crippen LogP contribution in [0.2, 0.25) is 0 Å². The summed E-state index contributed by atoms with van der Waals surface area (Å²) >= 11 is 0. The topological polar surface area (TPSA) is 76.1 Å². The number of aryl methyl sites for hydroxylation is 1. The van der Waals surface area contributed by atoms with Crippen LogP contribution in [0.4, 0.5) is 10.1 Å². The zero-order chi connectivity index (χ0) is 23.1. The van der Waals surface area contributed by atoms with E-state index in [9.17, 15) is 19.1 Å². The molecule has 1 atom stereocenters. The van der Waals surface area contributed by atoms with Crippen LogP contribution in [-0.4, -0.2) is 30.0 Å². The first-order valence-electron chi connectivity index (χ1n) is 10.5. The van der Waals surface area contributed by atoms with E-state index in [4.69, 9.17) is 9.47 Å². The summed E-state index contributed by atoms with van der Waals surface area (Å²) in [6.45, 7) is 2.62. The standard InChI is InChI=1S/C26H20FNO5/c1-15-5-4-6-17(13-15)28-23(18-7-2-3-8-19(18)27)22(25(30)26(28)31)24(29)16-9-10-20-21(14-16)33-12-11-32-20/h2-10,13-14,23,29H,11-12H2,1H3/b24-22+. The van der Waals surface area contributed by atoms with Crippen molar-refractivity contribution in [1.82, 2.24) is 0 Å². The minimum atomic E-state index is -1.14.